The van der Waals surface area contributed by atoms with Crippen molar-refractivity contribution >= 4 is 45.8 Å². The second-order valence-electron chi connectivity index (χ2n) is 7.30. The van der Waals surface area contributed by atoms with Crippen LogP contribution in [0.25, 0.3) is 0 Å². The zero-order valence-corrected chi connectivity index (χ0v) is 19.4. The lowest BCUT2D eigenvalue weighted by Crippen LogP contribution is -2.42. The van der Waals surface area contributed by atoms with Gasteiger partial charge in [-0.05, 0) is 54.8 Å². The van der Waals surface area contributed by atoms with Gasteiger partial charge in [0.1, 0.15) is 11.0 Å². The smallest absolute Gasteiger partial charge is 0.374 e. The third-order valence-electron chi connectivity index (χ3n) is 4.92. The maximum Gasteiger partial charge on any atom is 0.435 e. The van der Waals surface area contributed by atoms with Crippen LogP contribution in [0.2, 0.25) is 10.0 Å². The second-order valence-corrected chi connectivity index (χ2v) is 9.48. The van der Waals surface area contributed by atoms with E-state index in [4.69, 9.17) is 28.0 Å². The molecule has 0 fully saturated rings. The Hall–Kier alpha value is -2.10. The van der Waals surface area contributed by atoms with E-state index in [2.05, 4.69) is 9.88 Å². The first-order chi connectivity index (χ1) is 15.0. The van der Waals surface area contributed by atoms with E-state index in [0.29, 0.717) is 23.3 Å². The van der Waals surface area contributed by atoms with Crippen molar-refractivity contribution in [2.75, 3.05) is 5.75 Å². The molecule has 0 spiro atoms. The van der Waals surface area contributed by atoms with Gasteiger partial charge in [0.15, 0.2) is 0 Å². The van der Waals surface area contributed by atoms with E-state index in [-0.39, 0.29) is 26.9 Å². The molecule has 32 heavy (non-hydrogen) atoms. The van der Waals surface area contributed by atoms with Gasteiger partial charge >= 0.3 is 6.18 Å². The van der Waals surface area contributed by atoms with Crippen LogP contribution in [0.1, 0.15) is 46.8 Å². The summed E-state index contributed by atoms with van der Waals surface area (Å²) in [5, 5.41) is 3.79. The van der Waals surface area contributed by atoms with Gasteiger partial charge in [0.2, 0.25) is 0 Å². The molecule has 0 aromatic heterocycles. The fourth-order valence-electron chi connectivity index (χ4n) is 3.34. The average molecular weight is 507 g/mol. The van der Waals surface area contributed by atoms with E-state index in [1.54, 1.807) is 6.92 Å². The van der Waals surface area contributed by atoms with Gasteiger partial charge in [-0.15, -0.1) is 0 Å². The monoisotopic (exact) mass is 506 g/mol. The molecule has 11 heteroatoms. The van der Waals surface area contributed by atoms with Crippen LogP contribution < -0.4 is 4.72 Å². The predicted octanol–water partition coefficient (Wildman–Crippen LogP) is 5.69. The predicted molar refractivity (Wildman–Crippen MR) is 118 cm³/mol. The number of oxime groups is 1. The molecule has 172 valence electrons. The first kappa shape index (κ1) is 24.5. The summed E-state index contributed by atoms with van der Waals surface area (Å²) in [5.74, 6) is -0.201. The van der Waals surface area contributed by atoms with E-state index >= 15 is 0 Å². The highest BCUT2D eigenvalue weighted by molar-refractivity contribution is 7.83. The Labute approximate surface area is 195 Å². The van der Waals surface area contributed by atoms with Crippen molar-refractivity contribution in [3.05, 3.63) is 68.7 Å². The molecule has 2 atom stereocenters. The van der Waals surface area contributed by atoms with Crippen molar-refractivity contribution in [2.45, 2.75) is 38.5 Å². The van der Waals surface area contributed by atoms with Crippen molar-refractivity contribution in [1.29, 1.82) is 0 Å². The molecule has 5 nitrogen and oxygen atoms in total. The number of rotatable bonds is 6. The fraction of sp³-hybridized carbons (Fsp3) is 0.333. The number of carbonyl (C=O) groups excluding carboxylic acids is 1. The molecular formula is C21H19Cl2F3N2O3S. The van der Waals surface area contributed by atoms with Gasteiger partial charge < -0.3 is 4.84 Å². The molecule has 3 rings (SSSR count). The normalized spacial score (nSPS) is 19.3. The van der Waals surface area contributed by atoms with Gasteiger partial charge in [0, 0.05) is 33.3 Å². The molecule has 0 saturated heterocycles. The van der Waals surface area contributed by atoms with E-state index in [1.807, 2.05) is 6.92 Å². The van der Waals surface area contributed by atoms with Crippen LogP contribution in [0.4, 0.5) is 13.2 Å². The molecule has 1 aliphatic heterocycles. The van der Waals surface area contributed by atoms with Crippen LogP contribution in [0.15, 0.2) is 41.6 Å². The number of alkyl halides is 3. The molecular weight excluding hydrogens is 488 g/mol. The van der Waals surface area contributed by atoms with Gasteiger partial charge in [-0.3, -0.25) is 9.52 Å². The minimum Gasteiger partial charge on any atom is -0.374 e. The van der Waals surface area contributed by atoms with Crippen LogP contribution in [0, 0.1) is 6.92 Å². The molecule has 2 aromatic carbocycles. The number of carbonyl (C=O) groups is 1. The summed E-state index contributed by atoms with van der Waals surface area (Å²) < 4.78 is 56.5. The second kappa shape index (κ2) is 9.41. The highest BCUT2D eigenvalue weighted by Gasteiger charge is 2.62. The van der Waals surface area contributed by atoms with Crippen LogP contribution in [-0.4, -0.2) is 27.8 Å². The van der Waals surface area contributed by atoms with Gasteiger partial charge in [-0.2, -0.15) is 13.2 Å². The summed E-state index contributed by atoms with van der Waals surface area (Å²) in [6.45, 7) is 3.47. The molecule has 0 bridgehead atoms. The Morgan fingerprint density at radius 2 is 1.88 bits per heavy atom. The Bertz CT molecular complexity index is 1090. The molecule has 2 unspecified atom stereocenters. The number of hydrogen-bond acceptors (Lipinski definition) is 4. The summed E-state index contributed by atoms with van der Waals surface area (Å²) in [6, 6.07) is 8.09. The van der Waals surface area contributed by atoms with Gasteiger partial charge in [-0.1, -0.05) is 41.3 Å². The minimum atomic E-state index is -4.80. The number of amides is 1. The maximum absolute atomic E-state index is 14.1. The lowest BCUT2D eigenvalue weighted by atomic mass is 9.86. The maximum atomic E-state index is 14.1. The number of benzene rings is 2. The summed E-state index contributed by atoms with van der Waals surface area (Å²) >= 11 is 11.8. The minimum absolute atomic E-state index is 0.0415. The van der Waals surface area contributed by atoms with E-state index < -0.39 is 35.1 Å². The Balaban J connectivity index is 1.89. The van der Waals surface area contributed by atoms with Gasteiger partial charge in [0.05, 0.1) is 5.71 Å². The number of nitrogens with one attached hydrogen (secondary N) is 1. The number of nitrogens with zero attached hydrogens (tertiary/aromatic N) is 1. The molecule has 2 aromatic rings. The zero-order chi connectivity index (χ0) is 23.7. The molecule has 1 amide bonds. The summed E-state index contributed by atoms with van der Waals surface area (Å²) in [6.07, 6.45) is -4.76. The van der Waals surface area contributed by atoms with Gasteiger partial charge in [-0.25, -0.2) is 4.21 Å². The lowest BCUT2D eigenvalue weighted by molar-refractivity contribution is -0.275. The Kier molecular flexibility index (Phi) is 7.21. The first-order valence-corrected chi connectivity index (χ1v) is 11.6. The number of aryl methyl sites for hydroxylation is 1. The largest absolute Gasteiger partial charge is 0.435 e. The Morgan fingerprint density at radius 1 is 1.22 bits per heavy atom. The van der Waals surface area contributed by atoms with Crippen molar-refractivity contribution < 1.29 is 27.0 Å². The molecule has 0 radical (unpaired) electrons. The van der Waals surface area contributed by atoms with Crippen molar-refractivity contribution in [1.82, 2.24) is 4.72 Å². The number of halogens is 5. The van der Waals surface area contributed by atoms with Crippen molar-refractivity contribution in [3.8, 4) is 0 Å². The molecule has 1 aliphatic rings. The third-order valence-corrected chi connectivity index (χ3v) is 6.54. The lowest BCUT2D eigenvalue weighted by Gasteiger charge is -2.29. The van der Waals surface area contributed by atoms with E-state index in [0.717, 1.165) is 12.1 Å². The van der Waals surface area contributed by atoms with Crippen molar-refractivity contribution in [3.63, 3.8) is 0 Å². The standard InChI is InChI=1S/C21H19Cl2F3N2O3S/c1-3-6-32(30)28-19(29)17-5-4-13(7-12(17)2)18-11-20(31-27-18,21(24,25)26)14-8-15(22)10-16(23)9-14/h4-5,7-10H,3,6,11H2,1-2H3,(H,28,29). The third kappa shape index (κ3) is 4.94. The van der Waals surface area contributed by atoms with Crippen LogP contribution >= 0.6 is 23.2 Å². The molecule has 0 aliphatic carbocycles. The van der Waals surface area contributed by atoms with Crippen LogP contribution in [0.3, 0.4) is 0 Å². The topological polar surface area (TPSA) is 67.8 Å². The average Bonchev–Trinajstić information content (AvgIpc) is 3.14. The highest BCUT2D eigenvalue weighted by atomic mass is 35.5. The van der Waals surface area contributed by atoms with Crippen molar-refractivity contribution in [2.24, 2.45) is 5.16 Å². The number of hydrogen-bond donors (Lipinski definition) is 1. The molecule has 0 saturated carbocycles. The molecule has 1 heterocycles. The van der Waals surface area contributed by atoms with Crippen LogP contribution in [-0.2, 0) is 21.4 Å². The summed E-state index contributed by atoms with van der Waals surface area (Å²) in [5.41, 5.74) is -1.81. The Morgan fingerprint density at radius 3 is 2.44 bits per heavy atom. The first-order valence-electron chi connectivity index (χ1n) is 9.55. The van der Waals surface area contributed by atoms with Crippen LogP contribution in [0.5, 0.6) is 0 Å². The molecule has 1 N–H and O–H groups in total. The zero-order valence-electron chi connectivity index (χ0n) is 17.1. The van der Waals surface area contributed by atoms with Gasteiger partial charge in [0.25, 0.3) is 11.5 Å². The van der Waals surface area contributed by atoms with E-state index in [1.165, 1.54) is 24.3 Å². The quantitative estimate of drug-likeness (QED) is 0.547. The fourth-order valence-corrected chi connectivity index (χ4v) is 4.65. The summed E-state index contributed by atoms with van der Waals surface area (Å²) in [4.78, 5) is 17.3. The summed E-state index contributed by atoms with van der Waals surface area (Å²) in [7, 11) is -1.50. The highest BCUT2D eigenvalue weighted by Crippen LogP contribution is 2.49. The van der Waals surface area contributed by atoms with E-state index in [9.17, 15) is 22.2 Å². The SMILES string of the molecule is CCCS(=O)NC(=O)c1ccc(C2=NOC(c3cc(Cl)cc(Cl)c3)(C(F)(F)F)C2)cc1C.